The van der Waals surface area contributed by atoms with Crippen LogP contribution in [0.15, 0.2) is 4.99 Å². The van der Waals surface area contributed by atoms with Crippen molar-refractivity contribution >= 4 is 17.8 Å². The quantitative estimate of drug-likeness (QED) is 0.358. The number of guanidine groups is 1. The molecule has 1 fully saturated rings. The van der Waals surface area contributed by atoms with Gasteiger partial charge in [-0.1, -0.05) is 19.3 Å². The van der Waals surface area contributed by atoms with Gasteiger partial charge < -0.3 is 20.9 Å². The topological polar surface area (TPSA) is 85.8 Å². The molecule has 0 aromatic carbocycles. The van der Waals surface area contributed by atoms with Crippen LogP contribution >= 0.6 is 0 Å². The first kappa shape index (κ1) is 19.3. The molecule has 0 atom stereocenters. The molecule has 132 valence electrons. The number of likely N-dealkylation sites (N-methyl/N-ethyl adjacent to an activating group) is 1. The van der Waals surface area contributed by atoms with Gasteiger partial charge in [0.15, 0.2) is 5.96 Å². The zero-order valence-corrected chi connectivity index (χ0v) is 14.7. The van der Waals surface area contributed by atoms with Crippen LogP contribution in [0, 0.1) is 5.92 Å². The van der Waals surface area contributed by atoms with Crippen molar-refractivity contribution in [2.24, 2.45) is 10.9 Å². The standard InChI is InChI=1S/C16H31N5O2/c1-4-17-16(20-12-14(22)21(2)3)19-11-10-18-15(23)13-8-6-5-7-9-13/h13H,4-12H2,1-3H3,(H,18,23)(H2,17,19,20). The zero-order valence-electron chi connectivity index (χ0n) is 14.7. The van der Waals surface area contributed by atoms with Crippen LogP contribution in [0.3, 0.4) is 0 Å². The maximum Gasteiger partial charge on any atom is 0.243 e. The molecule has 7 nitrogen and oxygen atoms in total. The van der Waals surface area contributed by atoms with Crippen LogP contribution in [0.4, 0.5) is 0 Å². The number of carbonyl (C=O) groups excluding carboxylic acids is 2. The Hall–Kier alpha value is -1.79. The van der Waals surface area contributed by atoms with E-state index in [9.17, 15) is 9.59 Å². The Bertz CT molecular complexity index is 403. The Morgan fingerprint density at radius 2 is 1.70 bits per heavy atom. The Morgan fingerprint density at radius 3 is 2.30 bits per heavy atom. The molecule has 1 aliphatic carbocycles. The van der Waals surface area contributed by atoms with E-state index in [0.29, 0.717) is 19.0 Å². The van der Waals surface area contributed by atoms with Gasteiger partial charge in [0.05, 0.1) is 0 Å². The van der Waals surface area contributed by atoms with Gasteiger partial charge >= 0.3 is 0 Å². The molecule has 3 N–H and O–H groups in total. The lowest BCUT2D eigenvalue weighted by molar-refractivity contribution is -0.127. The summed E-state index contributed by atoms with van der Waals surface area (Å²) in [5.74, 6) is 0.891. The minimum Gasteiger partial charge on any atom is -0.357 e. The Labute approximate surface area is 139 Å². The molecular formula is C16H31N5O2. The van der Waals surface area contributed by atoms with Gasteiger partial charge in [-0.25, -0.2) is 4.99 Å². The van der Waals surface area contributed by atoms with Crippen molar-refractivity contribution in [3.63, 3.8) is 0 Å². The molecule has 23 heavy (non-hydrogen) atoms. The monoisotopic (exact) mass is 325 g/mol. The molecule has 0 unspecified atom stereocenters. The third-order valence-electron chi connectivity index (χ3n) is 3.91. The maximum absolute atomic E-state index is 12.0. The summed E-state index contributed by atoms with van der Waals surface area (Å²) in [6.45, 7) is 3.94. The summed E-state index contributed by atoms with van der Waals surface area (Å²) < 4.78 is 0. The molecule has 1 aliphatic rings. The minimum atomic E-state index is -0.0483. The van der Waals surface area contributed by atoms with Crippen LogP contribution < -0.4 is 16.0 Å². The number of aliphatic imine (C=N–C) groups is 1. The summed E-state index contributed by atoms with van der Waals surface area (Å²) in [6.07, 6.45) is 5.59. The molecule has 0 aliphatic heterocycles. The first-order valence-corrected chi connectivity index (χ1v) is 8.54. The molecule has 0 bridgehead atoms. The SMILES string of the molecule is CCNC(=NCC(=O)N(C)C)NCCNC(=O)C1CCCCC1. The van der Waals surface area contributed by atoms with Crippen molar-refractivity contribution in [1.82, 2.24) is 20.9 Å². The summed E-state index contributed by atoms with van der Waals surface area (Å²) in [5, 5.41) is 9.18. The minimum absolute atomic E-state index is 0.0483. The van der Waals surface area contributed by atoms with E-state index in [1.165, 1.54) is 11.3 Å². The average molecular weight is 325 g/mol. The summed E-state index contributed by atoms with van der Waals surface area (Å²) in [5.41, 5.74) is 0. The number of hydrogen-bond acceptors (Lipinski definition) is 3. The summed E-state index contributed by atoms with van der Waals surface area (Å²) >= 11 is 0. The molecule has 2 amide bonds. The normalized spacial score (nSPS) is 15.9. The fraction of sp³-hybridized carbons (Fsp3) is 0.812. The first-order valence-electron chi connectivity index (χ1n) is 8.54. The lowest BCUT2D eigenvalue weighted by atomic mass is 9.89. The summed E-state index contributed by atoms with van der Waals surface area (Å²) in [7, 11) is 3.41. The molecule has 0 aromatic rings. The highest BCUT2D eigenvalue weighted by Gasteiger charge is 2.20. The lowest BCUT2D eigenvalue weighted by Crippen LogP contribution is -2.43. The Balaban J connectivity index is 2.27. The highest BCUT2D eigenvalue weighted by molar-refractivity contribution is 5.84. The highest BCUT2D eigenvalue weighted by atomic mass is 16.2. The second-order valence-electron chi connectivity index (χ2n) is 6.04. The highest BCUT2D eigenvalue weighted by Crippen LogP contribution is 2.23. The van der Waals surface area contributed by atoms with Crippen molar-refractivity contribution in [2.45, 2.75) is 39.0 Å². The van der Waals surface area contributed by atoms with Crippen LogP contribution in [0.25, 0.3) is 0 Å². The maximum atomic E-state index is 12.0. The van der Waals surface area contributed by atoms with Crippen molar-refractivity contribution < 1.29 is 9.59 Å². The third-order valence-corrected chi connectivity index (χ3v) is 3.91. The first-order chi connectivity index (χ1) is 11.0. The van der Waals surface area contributed by atoms with E-state index >= 15 is 0 Å². The third kappa shape index (κ3) is 7.85. The number of amides is 2. The fourth-order valence-electron chi connectivity index (χ4n) is 2.51. The molecular weight excluding hydrogens is 294 g/mol. The van der Waals surface area contributed by atoms with Gasteiger partial charge in [0.2, 0.25) is 11.8 Å². The van der Waals surface area contributed by atoms with Gasteiger partial charge in [0, 0.05) is 39.6 Å². The van der Waals surface area contributed by atoms with Gasteiger partial charge in [-0.3, -0.25) is 9.59 Å². The summed E-state index contributed by atoms with van der Waals surface area (Å²) in [4.78, 5) is 29.3. The van der Waals surface area contributed by atoms with Gasteiger partial charge in [-0.05, 0) is 19.8 Å². The molecule has 0 radical (unpaired) electrons. The Morgan fingerprint density at radius 1 is 1.04 bits per heavy atom. The van der Waals surface area contributed by atoms with Gasteiger partial charge in [-0.2, -0.15) is 0 Å². The Kier molecular flexibility index (Phi) is 9.09. The van der Waals surface area contributed by atoms with Crippen LogP contribution in [-0.2, 0) is 9.59 Å². The van der Waals surface area contributed by atoms with Crippen molar-refractivity contribution in [3.05, 3.63) is 0 Å². The van der Waals surface area contributed by atoms with E-state index in [-0.39, 0.29) is 24.3 Å². The molecule has 0 saturated heterocycles. The molecule has 0 heterocycles. The second-order valence-corrected chi connectivity index (χ2v) is 6.04. The number of nitrogens with zero attached hydrogens (tertiary/aromatic N) is 2. The van der Waals surface area contributed by atoms with Gasteiger partial charge in [-0.15, -0.1) is 0 Å². The van der Waals surface area contributed by atoms with E-state index < -0.39 is 0 Å². The largest absolute Gasteiger partial charge is 0.357 e. The average Bonchev–Trinajstić information content (AvgIpc) is 2.56. The van der Waals surface area contributed by atoms with E-state index in [1.54, 1.807) is 14.1 Å². The van der Waals surface area contributed by atoms with Crippen molar-refractivity contribution in [1.29, 1.82) is 0 Å². The van der Waals surface area contributed by atoms with E-state index in [4.69, 9.17) is 0 Å². The lowest BCUT2D eigenvalue weighted by Gasteiger charge is -2.21. The molecule has 7 heteroatoms. The molecule has 0 aromatic heterocycles. The zero-order chi connectivity index (χ0) is 17.1. The number of nitrogens with one attached hydrogen (secondary N) is 3. The van der Waals surface area contributed by atoms with E-state index in [1.807, 2.05) is 6.92 Å². The number of rotatable bonds is 7. The number of carbonyl (C=O) groups is 2. The molecule has 1 rings (SSSR count). The van der Waals surface area contributed by atoms with Crippen molar-refractivity contribution in [2.75, 3.05) is 40.3 Å². The molecule has 1 saturated carbocycles. The predicted molar refractivity (Wildman–Crippen MR) is 92.3 cm³/mol. The predicted octanol–water partition coefficient (Wildman–Crippen LogP) is 0.326. The van der Waals surface area contributed by atoms with E-state index in [0.717, 1.165) is 32.2 Å². The van der Waals surface area contributed by atoms with Crippen LogP contribution in [-0.4, -0.2) is 62.9 Å². The van der Waals surface area contributed by atoms with Crippen LogP contribution in [0.5, 0.6) is 0 Å². The van der Waals surface area contributed by atoms with E-state index in [2.05, 4.69) is 20.9 Å². The second kappa shape index (κ2) is 10.9. The van der Waals surface area contributed by atoms with Gasteiger partial charge in [0.1, 0.15) is 6.54 Å². The summed E-state index contributed by atoms with van der Waals surface area (Å²) in [6, 6.07) is 0. The van der Waals surface area contributed by atoms with Crippen molar-refractivity contribution in [3.8, 4) is 0 Å². The molecule has 0 spiro atoms. The smallest absolute Gasteiger partial charge is 0.243 e. The van der Waals surface area contributed by atoms with Gasteiger partial charge in [0.25, 0.3) is 0 Å². The van der Waals surface area contributed by atoms with Crippen LogP contribution in [0.1, 0.15) is 39.0 Å². The number of hydrogen-bond donors (Lipinski definition) is 3. The fourth-order valence-corrected chi connectivity index (χ4v) is 2.51. The van der Waals surface area contributed by atoms with Crippen LogP contribution in [0.2, 0.25) is 0 Å².